The van der Waals surface area contributed by atoms with Crippen LogP contribution in [0.5, 0.6) is 5.75 Å². The Balaban J connectivity index is 2.97. The molecule has 0 saturated heterocycles. The lowest BCUT2D eigenvalue weighted by molar-refractivity contribution is -0.112. The van der Waals surface area contributed by atoms with Crippen LogP contribution in [0.2, 0.25) is 0 Å². The zero-order chi connectivity index (χ0) is 15.0. The van der Waals surface area contributed by atoms with E-state index in [0.29, 0.717) is 17.0 Å². The van der Waals surface area contributed by atoms with E-state index < -0.39 is 0 Å². The smallest absolute Gasteiger partial charge is 0.257 e. The lowest BCUT2D eigenvalue weighted by Gasteiger charge is -2.12. The van der Waals surface area contributed by atoms with Gasteiger partial charge in [-0.1, -0.05) is 24.8 Å². The number of carbonyl (C=O) groups excluding carboxylic acids is 1. The molecule has 1 amide bonds. The zero-order valence-electron chi connectivity index (χ0n) is 12.1. The molecule has 4 nitrogen and oxygen atoms in total. The molecule has 1 aromatic rings. The standard InChI is InChI=1S/C16H20N2O2/c1-5-8-14(15(6-2)17-3)16(19)18-12-9-7-10-13(11-12)20-4/h5-11,17H,1H2,2-4H3,(H,18,19)/b14-8+,15-6+. The van der Waals surface area contributed by atoms with Crippen LogP contribution in [0.25, 0.3) is 0 Å². The molecule has 0 radical (unpaired) electrons. The van der Waals surface area contributed by atoms with Crippen LogP contribution in [-0.4, -0.2) is 20.1 Å². The molecule has 106 valence electrons. The summed E-state index contributed by atoms with van der Waals surface area (Å²) in [5.74, 6) is 0.484. The average molecular weight is 272 g/mol. The molecular formula is C16H20N2O2. The van der Waals surface area contributed by atoms with Gasteiger partial charge in [-0.2, -0.15) is 0 Å². The predicted molar refractivity (Wildman–Crippen MR) is 82.7 cm³/mol. The number of methoxy groups -OCH3 is 1. The summed E-state index contributed by atoms with van der Waals surface area (Å²) in [5.41, 5.74) is 1.94. The first-order chi connectivity index (χ1) is 9.65. The van der Waals surface area contributed by atoms with Gasteiger partial charge in [0.1, 0.15) is 5.75 Å². The highest BCUT2D eigenvalue weighted by molar-refractivity contribution is 6.07. The summed E-state index contributed by atoms with van der Waals surface area (Å²) in [4.78, 5) is 12.3. The Morgan fingerprint density at radius 1 is 1.40 bits per heavy atom. The molecule has 0 heterocycles. The molecule has 0 saturated carbocycles. The minimum atomic E-state index is -0.208. The molecule has 0 bridgehead atoms. The Labute approximate surface area is 119 Å². The molecule has 0 aromatic heterocycles. The van der Waals surface area contributed by atoms with E-state index in [-0.39, 0.29) is 5.91 Å². The first-order valence-electron chi connectivity index (χ1n) is 6.28. The van der Waals surface area contributed by atoms with E-state index in [4.69, 9.17) is 4.74 Å². The molecule has 0 aliphatic rings. The van der Waals surface area contributed by atoms with Gasteiger partial charge in [-0.25, -0.2) is 0 Å². The summed E-state index contributed by atoms with van der Waals surface area (Å²) in [6.07, 6.45) is 5.09. The summed E-state index contributed by atoms with van der Waals surface area (Å²) in [6.45, 7) is 5.50. The number of rotatable bonds is 6. The van der Waals surface area contributed by atoms with E-state index >= 15 is 0 Å². The third-order valence-corrected chi connectivity index (χ3v) is 2.70. The molecule has 0 atom stereocenters. The highest BCUT2D eigenvalue weighted by Gasteiger charge is 2.12. The fourth-order valence-corrected chi connectivity index (χ4v) is 1.74. The first kappa shape index (κ1) is 15.6. The van der Waals surface area contributed by atoms with Gasteiger partial charge in [0.25, 0.3) is 5.91 Å². The van der Waals surface area contributed by atoms with E-state index in [1.54, 1.807) is 38.4 Å². The SMILES string of the molecule is C=C/C=C(C(=O)Nc1cccc(OC)c1)\C(=C/C)NC. The Morgan fingerprint density at radius 3 is 2.70 bits per heavy atom. The highest BCUT2D eigenvalue weighted by Crippen LogP contribution is 2.18. The van der Waals surface area contributed by atoms with E-state index in [1.807, 2.05) is 25.1 Å². The molecule has 0 aliphatic heterocycles. The van der Waals surface area contributed by atoms with E-state index in [1.165, 1.54) is 0 Å². The maximum absolute atomic E-state index is 12.3. The van der Waals surface area contributed by atoms with Crippen LogP contribution in [0.3, 0.4) is 0 Å². The third kappa shape index (κ3) is 4.02. The van der Waals surface area contributed by atoms with Crippen LogP contribution in [0, 0.1) is 0 Å². The second-order valence-electron chi connectivity index (χ2n) is 3.95. The van der Waals surface area contributed by atoms with Crippen molar-refractivity contribution in [3.05, 3.63) is 60.3 Å². The molecule has 4 heteroatoms. The normalized spacial score (nSPS) is 11.8. The van der Waals surface area contributed by atoms with Gasteiger partial charge < -0.3 is 15.4 Å². The molecule has 0 fully saturated rings. The third-order valence-electron chi connectivity index (χ3n) is 2.70. The van der Waals surface area contributed by atoms with Gasteiger partial charge in [0.15, 0.2) is 0 Å². The zero-order valence-corrected chi connectivity index (χ0v) is 12.1. The molecule has 0 unspecified atom stereocenters. The summed E-state index contributed by atoms with van der Waals surface area (Å²) in [5, 5.41) is 5.82. The lowest BCUT2D eigenvalue weighted by Crippen LogP contribution is -2.21. The Bertz CT molecular complexity index is 545. The van der Waals surface area contributed by atoms with Crippen molar-refractivity contribution in [2.45, 2.75) is 6.92 Å². The monoisotopic (exact) mass is 272 g/mol. The van der Waals surface area contributed by atoms with Crippen molar-refractivity contribution in [2.24, 2.45) is 0 Å². The van der Waals surface area contributed by atoms with Crippen molar-refractivity contribution in [3.8, 4) is 5.75 Å². The molecule has 1 rings (SSSR count). The number of carbonyl (C=O) groups is 1. The van der Waals surface area contributed by atoms with Crippen LogP contribution >= 0.6 is 0 Å². The largest absolute Gasteiger partial charge is 0.497 e. The second kappa shape index (κ2) is 7.84. The minimum absolute atomic E-state index is 0.208. The Morgan fingerprint density at radius 2 is 2.15 bits per heavy atom. The average Bonchev–Trinajstić information content (AvgIpc) is 2.47. The fraction of sp³-hybridized carbons (Fsp3) is 0.188. The van der Waals surface area contributed by atoms with E-state index in [0.717, 1.165) is 5.70 Å². The van der Waals surface area contributed by atoms with Crippen molar-refractivity contribution >= 4 is 11.6 Å². The fourth-order valence-electron chi connectivity index (χ4n) is 1.74. The summed E-state index contributed by atoms with van der Waals surface area (Å²) < 4.78 is 5.13. The molecule has 2 N–H and O–H groups in total. The maximum atomic E-state index is 12.3. The van der Waals surface area contributed by atoms with Gasteiger partial charge in [-0.05, 0) is 25.1 Å². The maximum Gasteiger partial charge on any atom is 0.257 e. The number of anilines is 1. The van der Waals surface area contributed by atoms with Crippen molar-refractivity contribution in [1.29, 1.82) is 0 Å². The van der Waals surface area contributed by atoms with Gasteiger partial charge >= 0.3 is 0 Å². The molecule has 20 heavy (non-hydrogen) atoms. The van der Waals surface area contributed by atoms with Crippen molar-refractivity contribution < 1.29 is 9.53 Å². The van der Waals surface area contributed by atoms with Crippen molar-refractivity contribution in [2.75, 3.05) is 19.5 Å². The second-order valence-corrected chi connectivity index (χ2v) is 3.95. The summed E-state index contributed by atoms with van der Waals surface area (Å²) in [7, 11) is 3.36. The number of amides is 1. The number of benzene rings is 1. The summed E-state index contributed by atoms with van der Waals surface area (Å²) in [6, 6.07) is 7.21. The minimum Gasteiger partial charge on any atom is -0.497 e. The molecule has 0 spiro atoms. The Hall–Kier alpha value is -2.49. The van der Waals surface area contributed by atoms with Gasteiger partial charge in [0.2, 0.25) is 0 Å². The predicted octanol–water partition coefficient (Wildman–Crippen LogP) is 2.87. The van der Waals surface area contributed by atoms with Crippen LogP contribution in [0.1, 0.15) is 6.92 Å². The highest BCUT2D eigenvalue weighted by atomic mass is 16.5. The number of allylic oxidation sites excluding steroid dienone is 3. The molecular weight excluding hydrogens is 252 g/mol. The Kier molecular flexibility index (Phi) is 6.10. The number of hydrogen-bond donors (Lipinski definition) is 2. The van der Waals surface area contributed by atoms with Crippen LogP contribution < -0.4 is 15.4 Å². The van der Waals surface area contributed by atoms with Gasteiger partial charge in [-0.3, -0.25) is 4.79 Å². The van der Waals surface area contributed by atoms with E-state index in [2.05, 4.69) is 17.2 Å². The number of likely N-dealkylation sites (N-methyl/N-ethyl adjacent to an activating group) is 1. The lowest BCUT2D eigenvalue weighted by atomic mass is 10.1. The van der Waals surface area contributed by atoms with Gasteiger partial charge in [0, 0.05) is 24.5 Å². The van der Waals surface area contributed by atoms with E-state index in [9.17, 15) is 4.79 Å². The van der Waals surface area contributed by atoms with Crippen LogP contribution in [0.15, 0.2) is 60.3 Å². The summed E-state index contributed by atoms with van der Waals surface area (Å²) >= 11 is 0. The number of nitrogens with one attached hydrogen (secondary N) is 2. The quantitative estimate of drug-likeness (QED) is 0.618. The van der Waals surface area contributed by atoms with Gasteiger partial charge in [-0.15, -0.1) is 0 Å². The molecule has 1 aromatic carbocycles. The van der Waals surface area contributed by atoms with Crippen LogP contribution in [-0.2, 0) is 4.79 Å². The number of hydrogen-bond acceptors (Lipinski definition) is 3. The van der Waals surface area contributed by atoms with Crippen molar-refractivity contribution in [3.63, 3.8) is 0 Å². The number of ether oxygens (including phenoxy) is 1. The van der Waals surface area contributed by atoms with Crippen molar-refractivity contribution in [1.82, 2.24) is 5.32 Å². The van der Waals surface area contributed by atoms with Crippen LogP contribution in [0.4, 0.5) is 5.69 Å². The molecule has 0 aliphatic carbocycles. The van der Waals surface area contributed by atoms with Gasteiger partial charge in [0.05, 0.1) is 12.7 Å². The first-order valence-corrected chi connectivity index (χ1v) is 6.28. The topological polar surface area (TPSA) is 50.4 Å².